The summed E-state index contributed by atoms with van der Waals surface area (Å²) in [5, 5.41) is 3.50. The van der Waals surface area contributed by atoms with Crippen molar-refractivity contribution in [1.82, 2.24) is 9.62 Å². The number of halogens is 1. The second kappa shape index (κ2) is 11.3. The maximum atomic E-state index is 13.3. The molecular formula is C25H27ClN2O3S. The standard InChI is InChI=1S/C25H27ClN2O3S/c1-20(12-13-21-8-4-2-5-9-21)27-25(29)19-28(18-22-14-16-23(26)17-15-22)32(30,31)24-10-6-3-7-11-24/h2-11,14-17,20H,12-13,18-19H2,1H3,(H,27,29)/t20-/m1/s1. The van der Waals surface area contributed by atoms with E-state index in [4.69, 9.17) is 11.6 Å². The summed E-state index contributed by atoms with van der Waals surface area (Å²) in [6.45, 7) is 1.73. The van der Waals surface area contributed by atoms with Crippen LogP contribution in [0.15, 0.2) is 89.8 Å². The molecule has 3 aromatic carbocycles. The van der Waals surface area contributed by atoms with Crippen molar-refractivity contribution in [3.05, 3.63) is 101 Å². The number of aryl methyl sites for hydroxylation is 1. The van der Waals surface area contributed by atoms with Crippen LogP contribution in [0.3, 0.4) is 0 Å². The molecule has 7 heteroatoms. The molecule has 3 rings (SSSR count). The molecule has 0 saturated heterocycles. The number of benzene rings is 3. The summed E-state index contributed by atoms with van der Waals surface area (Å²) in [5.74, 6) is -0.334. The lowest BCUT2D eigenvalue weighted by atomic mass is 10.1. The minimum atomic E-state index is -3.86. The van der Waals surface area contributed by atoms with Crippen molar-refractivity contribution in [2.45, 2.75) is 37.2 Å². The van der Waals surface area contributed by atoms with Crippen LogP contribution >= 0.6 is 11.6 Å². The Morgan fingerprint density at radius 3 is 2.12 bits per heavy atom. The minimum Gasteiger partial charge on any atom is -0.352 e. The van der Waals surface area contributed by atoms with E-state index in [1.807, 2.05) is 25.1 Å². The van der Waals surface area contributed by atoms with Gasteiger partial charge in [0, 0.05) is 17.6 Å². The van der Waals surface area contributed by atoms with E-state index in [9.17, 15) is 13.2 Å². The lowest BCUT2D eigenvalue weighted by Gasteiger charge is -2.23. The molecule has 32 heavy (non-hydrogen) atoms. The first-order chi connectivity index (χ1) is 15.3. The van der Waals surface area contributed by atoms with E-state index in [-0.39, 0.29) is 29.9 Å². The molecule has 0 saturated carbocycles. The van der Waals surface area contributed by atoms with E-state index >= 15 is 0 Å². The predicted octanol–water partition coefficient (Wildman–Crippen LogP) is 4.67. The van der Waals surface area contributed by atoms with Crippen LogP contribution in [-0.4, -0.2) is 31.2 Å². The highest BCUT2D eigenvalue weighted by Crippen LogP contribution is 2.19. The zero-order valence-electron chi connectivity index (χ0n) is 17.9. The Kier molecular flexibility index (Phi) is 8.45. The molecule has 0 aliphatic carbocycles. The third-order valence-electron chi connectivity index (χ3n) is 5.09. The number of amides is 1. The lowest BCUT2D eigenvalue weighted by Crippen LogP contribution is -2.43. The van der Waals surface area contributed by atoms with Crippen LogP contribution < -0.4 is 5.32 Å². The zero-order chi connectivity index (χ0) is 23.0. The van der Waals surface area contributed by atoms with Crippen LogP contribution in [0.5, 0.6) is 0 Å². The SMILES string of the molecule is C[C@H](CCc1ccccc1)NC(=O)CN(Cc1ccc(Cl)cc1)S(=O)(=O)c1ccccc1. The number of hydrogen-bond donors (Lipinski definition) is 1. The van der Waals surface area contributed by atoms with Gasteiger partial charge >= 0.3 is 0 Å². The highest BCUT2D eigenvalue weighted by atomic mass is 35.5. The maximum absolute atomic E-state index is 13.3. The summed E-state index contributed by atoms with van der Waals surface area (Å²) in [5.41, 5.74) is 1.95. The van der Waals surface area contributed by atoms with Crippen molar-refractivity contribution in [3.8, 4) is 0 Å². The van der Waals surface area contributed by atoms with Crippen molar-refractivity contribution in [1.29, 1.82) is 0 Å². The van der Waals surface area contributed by atoms with Crippen molar-refractivity contribution < 1.29 is 13.2 Å². The first kappa shape index (κ1) is 24.0. The Balaban J connectivity index is 1.70. The highest BCUT2D eigenvalue weighted by Gasteiger charge is 2.27. The fourth-order valence-electron chi connectivity index (χ4n) is 3.34. The molecule has 0 spiro atoms. The summed E-state index contributed by atoms with van der Waals surface area (Å²) in [4.78, 5) is 12.9. The fraction of sp³-hybridized carbons (Fsp3) is 0.240. The normalized spacial score (nSPS) is 12.5. The summed E-state index contributed by atoms with van der Waals surface area (Å²) in [7, 11) is -3.86. The van der Waals surface area contributed by atoms with Crippen molar-refractivity contribution in [2.24, 2.45) is 0 Å². The molecule has 0 radical (unpaired) electrons. The van der Waals surface area contributed by atoms with Gasteiger partial charge in [0.15, 0.2) is 0 Å². The van der Waals surface area contributed by atoms with Gasteiger partial charge in [-0.3, -0.25) is 4.79 Å². The van der Waals surface area contributed by atoms with Gasteiger partial charge in [-0.05, 0) is 55.2 Å². The predicted molar refractivity (Wildman–Crippen MR) is 128 cm³/mol. The van der Waals surface area contributed by atoms with Gasteiger partial charge in [0.2, 0.25) is 15.9 Å². The Hall–Kier alpha value is -2.67. The van der Waals surface area contributed by atoms with Crippen molar-refractivity contribution >= 4 is 27.5 Å². The molecule has 0 aliphatic rings. The molecule has 1 amide bonds. The number of rotatable bonds is 10. The van der Waals surface area contributed by atoms with E-state index in [0.29, 0.717) is 5.02 Å². The molecule has 1 atom stereocenters. The molecule has 0 aliphatic heterocycles. The molecule has 0 bridgehead atoms. The summed E-state index contributed by atoms with van der Waals surface area (Å²) in [6.07, 6.45) is 1.59. The van der Waals surface area contributed by atoms with E-state index in [2.05, 4.69) is 17.4 Å². The van der Waals surface area contributed by atoms with Gasteiger partial charge in [0.25, 0.3) is 0 Å². The number of carbonyl (C=O) groups excluding carboxylic acids is 1. The van der Waals surface area contributed by atoms with E-state index in [0.717, 1.165) is 18.4 Å². The van der Waals surface area contributed by atoms with Gasteiger partial charge in [-0.1, -0.05) is 72.3 Å². The van der Waals surface area contributed by atoms with E-state index in [1.54, 1.807) is 42.5 Å². The fourth-order valence-corrected chi connectivity index (χ4v) is 4.87. The first-order valence-electron chi connectivity index (χ1n) is 10.5. The summed E-state index contributed by atoms with van der Waals surface area (Å²) >= 11 is 5.95. The molecular weight excluding hydrogens is 444 g/mol. The molecule has 0 heterocycles. The third kappa shape index (κ3) is 6.92. The quantitative estimate of drug-likeness (QED) is 0.468. The van der Waals surface area contributed by atoms with Gasteiger partial charge in [-0.15, -0.1) is 0 Å². The number of nitrogens with zero attached hydrogens (tertiary/aromatic N) is 1. The topological polar surface area (TPSA) is 66.5 Å². The second-order valence-electron chi connectivity index (χ2n) is 7.71. The number of hydrogen-bond acceptors (Lipinski definition) is 3. The molecule has 0 aromatic heterocycles. The van der Waals surface area contributed by atoms with Crippen LogP contribution in [0, 0.1) is 0 Å². The molecule has 5 nitrogen and oxygen atoms in total. The number of sulfonamides is 1. The zero-order valence-corrected chi connectivity index (χ0v) is 19.5. The monoisotopic (exact) mass is 470 g/mol. The average Bonchev–Trinajstić information content (AvgIpc) is 2.80. The maximum Gasteiger partial charge on any atom is 0.243 e. The summed E-state index contributed by atoms with van der Waals surface area (Å²) < 4.78 is 27.7. The Labute approximate surface area is 195 Å². The van der Waals surface area contributed by atoms with Crippen LogP contribution in [-0.2, 0) is 27.8 Å². The number of carbonyl (C=O) groups is 1. The van der Waals surface area contributed by atoms with Gasteiger partial charge in [0.1, 0.15) is 0 Å². The van der Waals surface area contributed by atoms with Crippen LogP contribution in [0.1, 0.15) is 24.5 Å². The lowest BCUT2D eigenvalue weighted by molar-refractivity contribution is -0.122. The minimum absolute atomic E-state index is 0.0697. The first-order valence-corrected chi connectivity index (χ1v) is 12.3. The largest absolute Gasteiger partial charge is 0.352 e. The second-order valence-corrected chi connectivity index (χ2v) is 10.1. The van der Waals surface area contributed by atoms with Crippen molar-refractivity contribution in [2.75, 3.05) is 6.54 Å². The average molecular weight is 471 g/mol. The highest BCUT2D eigenvalue weighted by molar-refractivity contribution is 7.89. The smallest absolute Gasteiger partial charge is 0.243 e. The Bertz CT molecular complexity index is 1100. The summed E-state index contributed by atoms with van der Waals surface area (Å²) in [6, 6.07) is 25.0. The van der Waals surface area contributed by atoms with E-state index in [1.165, 1.54) is 22.0 Å². The van der Waals surface area contributed by atoms with Gasteiger partial charge in [-0.25, -0.2) is 8.42 Å². The van der Waals surface area contributed by atoms with Crippen molar-refractivity contribution in [3.63, 3.8) is 0 Å². The Morgan fingerprint density at radius 2 is 1.50 bits per heavy atom. The Morgan fingerprint density at radius 1 is 0.906 bits per heavy atom. The van der Waals surface area contributed by atoms with E-state index < -0.39 is 10.0 Å². The van der Waals surface area contributed by atoms with Crippen LogP contribution in [0.2, 0.25) is 5.02 Å². The van der Waals surface area contributed by atoms with Gasteiger partial charge in [-0.2, -0.15) is 4.31 Å². The molecule has 3 aromatic rings. The molecule has 1 N–H and O–H groups in total. The third-order valence-corrected chi connectivity index (χ3v) is 7.15. The molecule has 168 valence electrons. The van der Waals surface area contributed by atoms with Crippen LogP contribution in [0.4, 0.5) is 0 Å². The molecule has 0 unspecified atom stereocenters. The molecule has 0 fully saturated rings. The van der Waals surface area contributed by atoms with Gasteiger partial charge in [0.05, 0.1) is 11.4 Å². The van der Waals surface area contributed by atoms with Gasteiger partial charge < -0.3 is 5.32 Å². The van der Waals surface area contributed by atoms with Crippen LogP contribution in [0.25, 0.3) is 0 Å². The number of nitrogens with one attached hydrogen (secondary N) is 1.